The van der Waals surface area contributed by atoms with Crippen LogP contribution < -0.4 is 5.56 Å². The molecule has 3 aromatic rings. The van der Waals surface area contributed by atoms with Crippen molar-refractivity contribution in [3.05, 3.63) is 62.8 Å². The van der Waals surface area contributed by atoms with Crippen LogP contribution in [0.1, 0.15) is 63.4 Å². The smallest absolute Gasteiger partial charge is 0.360 e. The molecule has 0 aliphatic carbocycles. The van der Waals surface area contributed by atoms with E-state index in [0.717, 1.165) is 0 Å². The number of esters is 2. The molecular formula is C24H27N3O6. The number of carbonyl (C=O) groups excluding carboxylic acids is 3. The highest BCUT2D eigenvalue weighted by Gasteiger charge is 2.29. The number of aromatic nitrogens is 3. The lowest BCUT2D eigenvalue weighted by molar-refractivity contribution is 0.0310. The first-order chi connectivity index (χ1) is 15.6. The Hall–Kier alpha value is -3.75. The zero-order chi connectivity index (χ0) is 24.4. The maximum Gasteiger partial charge on any atom is 0.360 e. The number of methoxy groups -OCH3 is 1. The Morgan fingerprint density at radius 2 is 1.70 bits per heavy atom. The van der Waals surface area contributed by atoms with E-state index in [2.05, 4.69) is 10.1 Å². The summed E-state index contributed by atoms with van der Waals surface area (Å²) in [5.74, 6) is -1.76. The molecule has 0 bridgehead atoms. The number of aromatic amines is 1. The summed E-state index contributed by atoms with van der Waals surface area (Å²) < 4.78 is 11.5. The number of H-pyrrole nitrogens is 1. The third kappa shape index (κ3) is 4.57. The molecule has 33 heavy (non-hydrogen) atoms. The van der Waals surface area contributed by atoms with E-state index in [-0.39, 0.29) is 28.4 Å². The summed E-state index contributed by atoms with van der Waals surface area (Å²) in [6, 6.07) is 6.65. The molecule has 3 rings (SSSR count). The fourth-order valence-corrected chi connectivity index (χ4v) is 3.73. The van der Waals surface area contributed by atoms with E-state index in [1.165, 1.54) is 18.7 Å². The number of fused-ring (bicyclic) bond motifs is 1. The lowest BCUT2D eigenvalue weighted by atomic mass is 10.1. The number of Topliss-reactive ketones (excluding diaryl/α,β-unsaturated/α-hetero) is 1. The highest BCUT2D eigenvalue weighted by molar-refractivity contribution is 6.06. The minimum atomic E-state index is -1.16. The quantitative estimate of drug-likeness (QED) is 0.431. The van der Waals surface area contributed by atoms with Crippen LogP contribution in [0.3, 0.4) is 0 Å². The fraction of sp³-hybridized carbons (Fsp3) is 0.375. The number of ether oxygens (including phenoxy) is 2. The molecule has 174 valence electrons. The maximum atomic E-state index is 13.0. The molecule has 9 nitrogen and oxygen atoms in total. The Morgan fingerprint density at radius 1 is 1.06 bits per heavy atom. The van der Waals surface area contributed by atoms with Crippen molar-refractivity contribution >= 4 is 28.5 Å². The zero-order valence-electron chi connectivity index (χ0n) is 19.5. The van der Waals surface area contributed by atoms with Crippen molar-refractivity contribution < 1.29 is 23.9 Å². The molecule has 2 aromatic heterocycles. The average Bonchev–Trinajstić information content (AvgIpc) is 3.07. The van der Waals surface area contributed by atoms with Crippen LogP contribution in [0.25, 0.3) is 10.8 Å². The molecule has 0 aliphatic rings. The summed E-state index contributed by atoms with van der Waals surface area (Å²) in [5, 5.41) is 4.94. The summed E-state index contributed by atoms with van der Waals surface area (Å²) >= 11 is 0. The first kappa shape index (κ1) is 23.9. The van der Waals surface area contributed by atoms with Gasteiger partial charge in [0.15, 0.2) is 11.8 Å². The Bertz CT molecular complexity index is 1300. The van der Waals surface area contributed by atoms with Crippen LogP contribution in [0.4, 0.5) is 0 Å². The van der Waals surface area contributed by atoms with E-state index < -0.39 is 23.8 Å². The topological polar surface area (TPSA) is 120 Å². The molecule has 0 saturated heterocycles. The van der Waals surface area contributed by atoms with Crippen LogP contribution in [0.5, 0.6) is 0 Å². The second-order valence-electron chi connectivity index (χ2n) is 8.30. The highest BCUT2D eigenvalue weighted by atomic mass is 16.5. The van der Waals surface area contributed by atoms with Gasteiger partial charge in [0, 0.05) is 17.6 Å². The van der Waals surface area contributed by atoms with E-state index >= 15 is 0 Å². The molecule has 1 atom stereocenters. The molecule has 0 aliphatic heterocycles. The lowest BCUT2D eigenvalue weighted by Gasteiger charge is -2.15. The van der Waals surface area contributed by atoms with Crippen LogP contribution in [0.2, 0.25) is 0 Å². The van der Waals surface area contributed by atoms with Gasteiger partial charge in [-0.05, 0) is 38.3 Å². The van der Waals surface area contributed by atoms with Gasteiger partial charge in [-0.15, -0.1) is 0 Å². The van der Waals surface area contributed by atoms with Crippen molar-refractivity contribution in [1.29, 1.82) is 0 Å². The number of aryl methyl sites for hydroxylation is 1. The van der Waals surface area contributed by atoms with Crippen molar-refractivity contribution in [2.75, 3.05) is 7.11 Å². The molecular weight excluding hydrogens is 426 g/mol. The van der Waals surface area contributed by atoms with E-state index in [1.54, 1.807) is 38.1 Å². The van der Waals surface area contributed by atoms with Gasteiger partial charge in [-0.25, -0.2) is 14.3 Å². The average molecular weight is 453 g/mol. The maximum absolute atomic E-state index is 13.0. The van der Waals surface area contributed by atoms with Crippen molar-refractivity contribution in [2.24, 2.45) is 5.92 Å². The monoisotopic (exact) mass is 453 g/mol. The second-order valence-corrected chi connectivity index (χ2v) is 8.30. The normalized spacial score (nSPS) is 12.1. The van der Waals surface area contributed by atoms with Crippen LogP contribution >= 0.6 is 0 Å². The molecule has 1 aromatic carbocycles. The standard InChI is InChI=1S/C24H27N3O6/c1-12(2)11-27-22(29)17-10-8-7-9-16(17)20(26-27)24(31)33-15(5)21(28)19-13(3)18(14(4)25-19)23(30)32-6/h7-10,12,15,25H,11H2,1-6H3. The third-order valence-corrected chi connectivity index (χ3v) is 5.33. The van der Waals surface area contributed by atoms with Crippen LogP contribution in [-0.4, -0.2) is 45.7 Å². The Kier molecular flexibility index (Phi) is 6.81. The van der Waals surface area contributed by atoms with Crippen molar-refractivity contribution in [3.63, 3.8) is 0 Å². The Labute approximate surface area is 190 Å². The van der Waals surface area contributed by atoms with Crippen molar-refractivity contribution in [3.8, 4) is 0 Å². The van der Waals surface area contributed by atoms with Crippen LogP contribution in [0, 0.1) is 19.8 Å². The summed E-state index contributed by atoms with van der Waals surface area (Å²) in [4.78, 5) is 53.7. The largest absolute Gasteiger partial charge is 0.465 e. The molecule has 1 unspecified atom stereocenters. The Morgan fingerprint density at radius 3 is 2.30 bits per heavy atom. The molecule has 0 radical (unpaired) electrons. The molecule has 0 fully saturated rings. The number of nitrogens with zero attached hydrogens (tertiary/aromatic N) is 2. The van der Waals surface area contributed by atoms with Gasteiger partial charge in [0.25, 0.3) is 5.56 Å². The number of nitrogens with one attached hydrogen (secondary N) is 1. The van der Waals surface area contributed by atoms with Crippen LogP contribution in [0.15, 0.2) is 29.1 Å². The number of carbonyl (C=O) groups is 3. The summed E-state index contributed by atoms with van der Waals surface area (Å²) in [6.07, 6.45) is -1.16. The van der Waals surface area contributed by atoms with Crippen molar-refractivity contribution in [2.45, 2.75) is 47.3 Å². The highest BCUT2D eigenvalue weighted by Crippen LogP contribution is 2.22. The minimum Gasteiger partial charge on any atom is -0.465 e. The molecule has 2 heterocycles. The minimum absolute atomic E-state index is 0.0415. The zero-order valence-corrected chi connectivity index (χ0v) is 19.5. The fourth-order valence-electron chi connectivity index (χ4n) is 3.73. The number of hydrogen-bond acceptors (Lipinski definition) is 7. The van der Waals surface area contributed by atoms with E-state index in [0.29, 0.717) is 28.6 Å². The van der Waals surface area contributed by atoms with Gasteiger partial charge < -0.3 is 14.5 Å². The van der Waals surface area contributed by atoms with Gasteiger partial charge in [-0.1, -0.05) is 32.0 Å². The predicted molar refractivity (Wildman–Crippen MR) is 122 cm³/mol. The SMILES string of the molecule is COC(=O)c1c(C)[nH]c(C(=O)C(C)OC(=O)c2nn(CC(C)C)c(=O)c3ccccc23)c1C. The summed E-state index contributed by atoms with van der Waals surface area (Å²) in [5.41, 5.74) is 0.993. The Balaban J connectivity index is 1.95. The summed E-state index contributed by atoms with van der Waals surface area (Å²) in [6.45, 7) is 8.92. The van der Waals surface area contributed by atoms with Crippen molar-refractivity contribution in [1.82, 2.24) is 14.8 Å². The van der Waals surface area contributed by atoms with E-state index in [9.17, 15) is 19.2 Å². The molecule has 0 spiro atoms. The molecule has 1 N–H and O–H groups in total. The molecule has 9 heteroatoms. The van der Waals surface area contributed by atoms with Gasteiger partial charge in [0.05, 0.1) is 23.8 Å². The van der Waals surface area contributed by atoms with Gasteiger partial charge in [-0.3, -0.25) is 9.59 Å². The van der Waals surface area contributed by atoms with Gasteiger partial charge in [0.1, 0.15) is 0 Å². The number of rotatable bonds is 7. The third-order valence-electron chi connectivity index (χ3n) is 5.33. The number of benzene rings is 1. The van der Waals surface area contributed by atoms with E-state index in [1.807, 2.05) is 13.8 Å². The van der Waals surface area contributed by atoms with Gasteiger partial charge in [0.2, 0.25) is 5.78 Å². The number of hydrogen-bond donors (Lipinski definition) is 1. The molecule has 0 saturated carbocycles. The first-order valence-electron chi connectivity index (χ1n) is 10.6. The second kappa shape index (κ2) is 9.40. The van der Waals surface area contributed by atoms with Gasteiger partial charge >= 0.3 is 11.9 Å². The lowest BCUT2D eigenvalue weighted by Crippen LogP contribution is -2.30. The van der Waals surface area contributed by atoms with E-state index in [4.69, 9.17) is 9.47 Å². The first-order valence-corrected chi connectivity index (χ1v) is 10.6. The predicted octanol–water partition coefficient (Wildman–Crippen LogP) is 3.21. The van der Waals surface area contributed by atoms with Crippen LogP contribution in [-0.2, 0) is 16.0 Å². The number of ketones is 1. The van der Waals surface area contributed by atoms with Gasteiger partial charge in [-0.2, -0.15) is 5.10 Å². The molecule has 0 amide bonds. The summed E-state index contributed by atoms with van der Waals surface area (Å²) in [7, 11) is 1.26.